The molecule has 6 nitrogen and oxygen atoms in total. The number of carbonyl (C=O) groups excluding carboxylic acids is 2. The Kier molecular flexibility index (Phi) is 5.68. The number of aromatic hydroxyl groups is 1. The summed E-state index contributed by atoms with van der Waals surface area (Å²) in [7, 11) is 1.57. The Balaban J connectivity index is 1.96. The minimum Gasteiger partial charge on any atom is -0.508 e. The molecule has 1 saturated heterocycles. The van der Waals surface area contributed by atoms with Crippen LogP contribution in [0.2, 0.25) is 0 Å². The second-order valence-corrected chi connectivity index (χ2v) is 8.23. The predicted octanol–water partition coefficient (Wildman–Crippen LogP) is 4.95. The molecule has 3 aromatic rings. The number of aryl methyl sites for hydroxylation is 3. The van der Waals surface area contributed by atoms with E-state index in [0.717, 1.165) is 11.1 Å². The monoisotopic (exact) mass is 443 g/mol. The van der Waals surface area contributed by atoms with E-state index in [1.165, 1.54) is 17.0 Å². The zero-order chi connectivity index (χ0) is 23.9. The highest BCUT2D eigenvalue weighted by Gasteiger charge is 2.47. The SMILES string of the molecule is COc1cc(C)c(/C(O)=C2\C(=O)C(=O)N(c3ccc(C)cc3)C2c2ccc(O)cc2)cc1C. The van der Waals surface area contributed by atoms with Crippen LogP contribution in [0.5, 0.6) is 11.5 Å². The number of ketones is 1. The predicted molar refractivity (Wildman–Crippen MR) is 127 cm³/mol. The number of hydrogen-bond acceptors (Lipinski definition) is 5. The van der Waals surface area contributed by atoms with E-state index < -0.39 is 17.7 Å². The number of hydrogen-bond donors (Lipinski definition) is 2. The molecule has 0 aromatic heterocycles. The molecule has 1 fully saturated rings. The number of ether oxygens (including phenoxy) is 1. The topological polar surface area (TPSA) is 87.1 Å². The van der Waals surface area contributed by atoms with Crippen LogP contribution in [0.1, 0.15) is 33.9 Å². The maximum Gasteiger partial charge on any atom is 0.300 e. The first kappa shape index (κ1) is 22.1. The highest BCUT2D eigenvalue weighted by Crippen LogP contribution is 2.43. The van der Waals surface area contributed by atoms with E-state index in [0.29, 0.717) is 28.1 Å². The quantitative estimate of drug-likeness (QED) is 0.338. The van der Waals surface area contributed by atoms with Gasteiger partial charge in [0.25, 0.3) is 11.7 Å². The first-order valence-corrected chi connectivity index (χ1v) is 10.5. The number of aliphatic hydroxyl groups is 1. The molecule has 1 aliphatic rings. The Morgan fingerprint density at radius 2 is 1.55 bits per heavy atom. The van der Waals surface area contributed by atoms with E-state index >= 15 is 0 Å². The third-order valence-corrected chi connectivity index (χ3v) is 5.96. The average Bonchev–Trinajstić information content (AvgIpc) is 3.06. The largest absolute Gasteiger partial charge is 0.508 e. The Morgan fingerprint density at radius 3 is 2.15 bits per heavy atom. The molecule has 4 rings (SSSR count). The number of aliphatic hydroxyl groups excluding tert-OH is 1. The van der Waals surface area contributed by atoms with Crippen molar-refractivity contribution in [3.05, 3.63) is 94.1 Å². The lowest BCUT2D eigenvalue weighted by Gasteiger charge is -2.25. The van der Waals surface area contributed by atoms with Gasteiger partial charge in [-0.3, -0.25) is 14.5 Å². The fourth-order valence-corrected chi connectivity index (χ4v) is 4.19. The number of phenolic OH excluding ortho intramolecular Hbond substituents is 1. The summed E-state index contributed by atoms with van der Waals surface area (Å²) in [5.41, 5.74) is 4.11. The maximum atomic E-state index is 13.3. The molecule has 6 heteroatoms. The maximum absolute atomic E-state index is 13.3. The van der Waals surface area contributed by atoms with Crippen molar-refractivity contribution in [2.75, 3.05) is 12.0 Å². The van der Waals surface area contributed by atoms with Crippen LogP contribution >= 0.6 is 0 Å². The number of carbonyl (C=O) groups is 2. The molecule has 3 aromatic carbocycles. The minimum absolute atomic E-state index is 0.000989. The average molecular weight is 443 g/mol. The lowest BCUT2D eigenvalue weighted by atomic mass is 9.93. The number of amides is 1. The number of benzene rings is 3. The molecule has 1 heterocycles. The number of anilines is 1. The van der Waals surface area contributed by atoms with Crippen molar-refractivity contribution in [2.45, 2.75) is 26.8 Å². The van der Waals surface area contributed by atoms with Crippen molar-refractivity contribution < 1.29 is 24.5 Å². The van der Waals surface area contributed by atoms with Crippen LogP contribution in [0.3, 0.4) is 0 Å². The van der Waals surface area contributed by atoms with Crippen LogP contribution in [0.4, 0.5) is 5.69 Å². The van der Waals surface area contributed by atoms with Gasteiger partial charge in [-0.05, 0) is 73.9 Å². The second kappa shape index (κ2) is 8.47. The van der Waals surface area contributed by atoms with Crippen molar-refractivity contribution >= 4 is 23.1 Å². The van der Waals surface area contributed by atoms with Crippen molar-refractivity contribution in [1.29, 1.82) is 0 Å². The smallest absolute Gasteiger partial charge is 0.300 e. The Bertz CT molecular complexity index is 1270. The first-order chi connectivity index (χ1) is 15.7. The van der Waals surface area contributed by atoms with E-state index in [9.17, 15) is 19.8 Å². The molecule has 0 radical (unpaired) electrons. The number of phenols is 1. The molecule has 0 aliphatic carbocycles. The number of nitrogens with zero attached hydrogens (tertiary/aromatic N) is 1. The molecule has 0 bridgehead atoms. The summed E-state index contributed by atoms with van der Waals surface area (Å²) < 4.78 is 5.36. The fourth-order valence-electron chi connectivity index (χ4n) is 4.19. The number of methoxy groups -OCH3 is 1. The Hall–Kier alpha value is -4.06. The second-order valence-electron chi connectivity index (χ2n) is 8.23. The van der Waals surface area contributed by atoms with Crippen LogP contribution in [-0.4, -0.2) is 29.0 Å². The Labute approximate surface area is 192 Å². The third kappa shape index (κ3) is 3.84. The summed E-state index contributed by atoms with van der Waals surface area (Å²) in [6, 6.07) is 16.2. The first-order valence-electron chi connectivity index (χ1n) is 10.5. The molecule has 1 atom stereocenters. The van der Waals surface area contributed by atoms with Gasteiger partial charge in [0.05, 0.1) is 18.7 Å². The summed E-state index contributed by atoms with van der Waals surface area (Å²) in [5, 5.41) is 21.1. The van der Waals surface area contributed by atoms with Gasteiger partial charge in [0, 0.05) is 11.3 Å². The third-order valence-electron chi connectivity index (χ3n) is 5.96. The Morgan fingerprint density at radius 1 is 0.909 bits per heavy atom. The summed E-state index contributed by atoms with van der Waals surface area (Å²) in [6.45, 7) is 5.59. The van der Waals surface area contributed by atoms with E-state index in [1.807, 2.05) is 32.9 Å². The summed E-state index contributed by atoms with van der Waals surface area (Å²) in [6.07, 6.45) is 0. The van der Waals surface area contributed by atoms with Crippen LogP contribution in [0, 0.1) is 20.8 Å². The van der Waals surface area contributed by atoms with Gasteiger partial charge in [-0.25, -0.2) is 0 Å². The van der Waals surface area contributed by atoms with Crippen molar-refractivity contribution in [2.24, 2.45) is 0 Å². The van der Waals surface area contributed by atoms with E-state index in [4.69, 9.17) is 4.74 Å². The lowest BCUT2D eigenvalue weighted by Crippen LogP contribution is -2.29. The van der Waals surface area contributed by atoms with Crippen molar-refractivity contribution in [1.82, 2.24) is 0 Å². The summed E-state index contributed by atoms with van der Waals surface area (Å²) >= 11 is 0. The highest BCUT2D eigenvalue weighted by atomic mass is 16.5. The molecular weight excluding hydrogens is 418 g/mol. The van der Waals surface area contributed by atoms with Crippen molar-refractivity contribution in [3.63, 3.8) is 0 Å². The molecule has 1 aliphatic heterocycles. The van der Waals surface area contributed by atoms with E-state index in [2.05, 4.69) is 0 Å². The van der Waals surface area contributed by atoms with Crippen molar-refractivity contribution in [3.8, 4) is 11.5 Å². The molecule has 33 heavy (non-hydrogen) atoms. The van der Waals surface area contributed by atoms with Crippen LogP contribution in [-0.2, 0) is 9.59 Å². The van der Waals surface area contributed by atoms with Gasteiger partial charge in [0.1, 0.15) is 17.3 Å². The van der Waals surface area contributed by atoms with Gasteiger partial charge in [0.2, 0.25) is 0 Å². The zero-order valence-corrected chi connectivity index (χ0v) is 18.9. The number of rotatable bonds is 4. The normalized spacial score (nSPS) is 17.5. The molecular formula is C27H25NO5. The number of Topliss-reactive ketones (excluding diaryl/α,β-unsaturated/α-hetero) is 1. The minimum atomic E-state index is -0.852. The van der Waals surface area contributed by atoms with E-state index in [-0.39, 0.29) is 17.1 Å². The van der Waals surface area contributed by atoms with Gasteiger partial charge in [-0.1, -0.05) is 29.8 Å². The standard InChI is InChI=1S/C27H25NO5/c1-15-5-9-19(10-6-15)28-24(18-7-11-20(29)12-8-18)23(26(31)27(28)32)25(30)21-13-17(3)22(33-4)14-16(21)2/h5-14,24,29-30H,1-4H3/b25-23+. The molecule has 2 N–H and O–H groups in total. The summed E-state index contributed by atoms with van der Waals surface area (Å²) in [4.78, 5) is 27.9. The molecule has 0 spiro atoms. The molecule has 1 amide bonds. The van der Waals surface area contributed by atoms with Gasteiger partial charge < -0.3 is 14.9 Å². The van der Waals surface area contributed by atoms with Gasteiger partial charge in [-0.15, -0.1) is 0 Å². The van der Waals surface area contributed by atoms with Crippen LogP contribution < -0.4 is 9.64 Å². The lowest BCUT2D eigenvalue weighted by molar-refractivity contribution is -0.132. The zero-order valence-electron chi connectivity index (χ0n) is 18.9. The highest BCUT2D eigenvalue weighted by molar-refractivity contribution is 6.51. The van der Waals surface area contributed by atoms with Crippen LogP contribution in [0.15, 0.2) is 66.2 Å². The van der Waals surface area contributed by atoms with Crippen LogP contribution in [0.25, 0.3) is 5.76 Å². The van der Waals surface area contributed by atoms with Gasteiger partial charge in [-0.2, -0.15) is 0 Å². The fraction of sp³-hybridized carbons (Fsp3) is 0.185. The van der Waals surface area contributed by atoms with E-state index in [1.54, 1.807) is 43.5 Å². The molecule has 1 unspecified atom stereocenters. The molecule has 0 saturated carbocycles. The van der Waals surface area contributed by atoms with Gasteiger partial charge >= 0.3 is 0 Å². The molecule has 168 valence electrons. The summed E-state index contributed by atoms with van der Waals surface area (Å²) in [5.74, 6) is -1.00. The van der Waals surface area contributed by atoms with Gasteiger partial charge in [0.15, 0.2) is 0 Å².